The van der Waals surface area contributed by atoms with Gasteiger partial charge in [0.1, 0.15) is 0 Å². The van der Waals surface area contributed by atoms with Crippen LogP contribution in [0, 0.1) is 3.57 Å². The lowest BCUT2D eigenvalue weighted by Gasteiger charge is -2.09. The molecule has 0 aliphatic carbocycles. The van der Waals surface area contributed by atoms with E-state index in [0.717, 1.165) is 3.57 Å². The van der Waals surface area contributed by atoms with E-state index in [1.807, 2.05) is 24.3 Å². The monoisotopic (exact) mass is 421 g/mol. The van der Waals surface area contributed by atoms with E-state index in [0.29, 0.717) is 27.0 Å². The minimum atomic E-state index is -0.279. The quantitative estimate of drug-likeness (QED) is 0.718. The van der Waals surface area contributed by atoms with Crippen LogP contribution in [0.25, 0.3) is 0 Å². The number of nitrogens with one attached hydrogen (secondary N) is 1. The lowest BCUT2D eigenvalue weighted by Crippen LogP contribution is -2.12. The molecule has 104 valence electrons. The third-order valence-corrected chi connectivity index (χ3v) is 3.78. The molecule has 0 unspecified atom stereocenters. The van der Waals surface area contributed by atoms with E-state index in [1.54, 1.807) is 0 Å². The highest BCUT2D eigenvalue weighted by Gasteiger charge is 2.13. The summed E-state index contributed by atoms with van der Waals surface area (Å²) in [5.41, 5.74) is 1.09. The summed E-state index contributed by atoms with van der Waals surface area (Å²) in [6, 6.07) is 10.5. The van der Waals surface area contributed by atoms with Crippen molar-refractivity contribution in [1.82, 2.24) is 0 Å². The Morgan fingerprint density at radius 1 is 1.20 bits per heavy atom. The molecule has 2 rings (SSSR count). The van der Waals surface area contributed by atoms with Gasteiger partial charge in [0.15, 0.2) is 5.75 Å². The van der Waals surface area contributed by atoms with E-state index >= 15 is 0 Å². The zero-order chi connectivity index (χ0) is 14.7. The molecule has 6 heteroatoms. The van der Waals surface area contributed by atoms with Gasteiger partial charge in [0.05, 0.1) is 17.2 Å². The fourth-order valence-corrected chi connectivity index (χ4v) is 2.84. The SMILES string of the molecule is COc1c(Cl)cc(C(=O)Nc2cccc(I)c2)cc1Cl. The van der Waals surface area contributed by atoms with E-state index < -0.39 is 0 Å². The van der Waals surface area contributed by atoms with Crippen LogP contribution in [0.1, 0.15) is 10.4 Å². The average molecular weight is 422 g/mol. The molecule has 1 N–H and O–H groups in total. The van der Waals surface area contributed by atoms with Gasteiger partial charge in [-0.25, -0.2) is 0 Å². The third-order valence-electron chi connectivity index (χ3n) is 2.55. The maximum atomic E-state index is 12.2. The summed E-state index contributed by atoms with van der Waals surface area (Å²) in [5, 5.41) is 3.39. The number of rotatable bonds is 3. The van der Waals surface area contributed by atoms with E-state index in [2.05, 4.69) is 27.9 Å². The van der Waals surface area contributed by atoms with Crippen molar-refractivity contribution in [1.29, 1.82) is 0 Å². The second kappa shape index (κ2) is 6.65. The molecule has 0 aromatic heterocycles. The number of anilines is 1. The number of carbonyl (C=O) groups excluding carboxylic acids is 1. The van der Waals surface area contributed by atoms with Gasteiger partial charge < -0.3 is 10.1 Å². The molecule has 0 heterocycles. The smallest absolute Gasteiger partial charge is 0.255 e. The molecule has 0 radical (unpaired) electrons. The highest BCUT2D eigenvalue weighted by molar-refractivity contribution is 14.1. The first-order valence-corrected chi connectivity index (χ1v) is 7.44. The Labute approximate surface area is 140 Å². The number of methoxy groups -OCH3 is 1. The van der Waals surface area contributed by atoms with Crippen LogP contribution in [0.2, 0.25) is 10.0 Å². The Hall–Kier alpha value is -0.980. The van der Waals surface area contributed by atoms with Gasteiger partial charge in [-0.05, 0) is 52.9 Å². The van der Waals surface area contributed by atoms with Gasteiger partial charge in [0.2, 0.25) is 0 Å². The molecule has 2 aromatic rings. The molecule has 1 amide bonds. The summed E-state index contributed by atoms with van der Waals surface area (Å²) in [7, 11) is 1.47. The molecule has 0 saturated heterocycles. The Bertz CT molecular complexity index is 638. The molecule has 3 nitrogen and oxygen atoms in total. The largest absolute Gasteiger partial charge is 0.494 e. The molecular weight excluding hydrogens is 412 g/mol. The molecule has 0 spiro atoms. The molecule has 0 atom stereocenters. The Balaban J connectivity index is 2.26. The van der Waals surface area contributed by atoms with Crippen LogP contribution in [0.3, 0.4) is 0 Å². The minimum absolute atomic E-state index is 0.279. The van der Waals surface area contributed by atoms with Crippen molar-refractivity contribution >= 4 is 57.4 Å². The first-order chi connectivity index (χ1) is 9.51. The second-order valence-corrected chi connectivity index (χ2v) is 6.00. The number of hydrogen-bond acceptors (Lipinski definition) is 2. The molecule has 0 aliphatic heterocycles. The van der Waals surface area contributed by atoms with Crippen molar-refractivity contribution in [3.8, 4) is 5.75 Å². The lowest BCUT2D eigenvalue weighted by atomic mass is 10.2. The first-order valence-electron chi connectivity index (χ1n) is 5.61. The maximum absolute atomic E-state index is 12.2. The standard InChI is InChI=1S/C14H10Cl2INO2/c1-20-13-11(15)5-8(6-12(13)16)14(19)18-10-4-2-3-9(17)7-10/h2-7H,1H3,(H,18,19). The highest BCUT2D eigenvalue weighted by Crippen LogP contribution is 2.34. The van der Waals surface area contributed by atoms with Gasteiger partial charge in [-0.1, -0.05) is 29.3 Å². The van der Waals surface area contributed by atoms with Crippen molar-refractivity contribution in [3.63, 3.8) is 0 Å². The van der Waals surface area contributed by atoms with E-state index in [4.69, 9.17) is 27.9 Å². The van der Waals surface area contributed by atoms with Crippen molar-refractivity contribution in [2.45, 2.75) is 0 Å². The van der Waals surface area contributed by atoms with Crippen molar-refractivity contribution in [2.75, 3.05) is 12.4 Å². The Morgan fingerprint density at radius 2 is 1.85 bits per heavy atom. The average Bonchev–Trinajstić information content (AvgIpc) is 2.38. The second-order valence-electron chi connectivity index (χ2n) is 3.94. The summed E-state index contributed by atoms with van der Waals surface area (Å²) in [5.74, 6) is 0.0811. The number of halogens is 3. The van der Waals surface area contributed by atoms with Gasteiger partial charge in [-0.2, -0.15) is 0 Å². The summed E-state index contributed by atoms with van der Waals surface area (Å²) in [6.07, 6.45) is 0. The van der Waals surface area contributed by atoms with Crippen LogP contribution in [0.15, 0.2) is 36.4 Å². The summed E-state index contributed by atoms with van der Waals surface area (Å²) in [6.45, 7) is 0. The zero-order valence-corrected chi connectivity index (χ0v) is 14.1. The number of amides is 1. The summed E-state index contributed by atoms with van der Waals surface area (Å²) in [4.78, 5) is 12.2. The molecule has 0 fully saturated rings. The van der Waals surface area contributed by atoms with Crippen LogP contribution in [-0.4, -0.2) is 13.0 Å². The number of hydrogen-bond donors (Lipinski definition) is 1. The van der Waals surface area contributed by atoms with Crippen LogP contribution < -0.4 is 10.1 Å². The molecule has 0 saturated carbocycles. The number of ether oxygens (including phenoxy) is 1. The number of carbonyl (C=O) groups is 1. The molecule has 0 bridgehead atoms. The van der Waals surface area contributed by atoms with Crippen molar-refractivity contribution in [2.24, 2.45) is 0 Å². The van der Waals surface area contributed by atoms with E-state index in [9.17, 15) is 4.79 Å². The third kappa shape index (κ3) is 3.56. The number of benzene rings is 2. The highest BCUT2D eigenvalue weighted by atomic mass is 127. The minimum Gasteiger partial charge on any atom is -0.494 e. The van der Waals surface area contributed by atoms with Crippen LogP contribution in [0.5, 0.6) is 5.75 Å². The van der Waals surface area contributed by atoms with Crippen LogP contribution >= 0.6 is 45.8 Å². The fourth-order valence-electron chi connectivity index (χ4n) is 1.66. The predicted molar refractivity (Wildman–Crippen MR) is 90.1 cm³/mol. The zero-order valence-electron chi connectivity index (χ0n) is 10.4. The van der Waals surface area contributed by atoms with Gasteiger partial charge in [-0.3, -0.25) is 4.79 Å². The molecular formula is C14H10Cl2INO2. The van der Waals surface area contributed by atoms with Crippen LogP contribution in [-0.2, 0) is 0 Å². The fraction of sp³-hybridized carbons (Fsp3) is 0.0714. The molecule has 0 aliphatic rings. The Kier molecular flexibility index (Phi) is 5.12. The first kappa shape index (κ1) is 15.4. The van der Waals surface area contributed by atoms with E-state index in [1.165, 1.54) is 19.2 Å². The Morgan fingerprint density at radius 3 is 2.40 bits per heavy atom. The molecule has 20 heavy (non-hydrogen) atoms. The van der Waals surface area contributed by atoms with Crippen molar-refractivity contribution < 1.29 is 9.53 Å². The van der Waals surface area contributed by atoms with Gasteiger partial charge in [-0.15, -0.1) is 0 Å². The van der Waals surface area contributed by atoms with Gasteiger partial charge in [0, 0.05) is 14.8 Å². The van der Waals surface area contributed by atoms with Crippen LogP contribution in [0.4, 0.5) is 5.69 Å². The van der Waals surface area contributed by atoms with Crippen molar-refractivity contribution in [3.05, 3.63) is 55.6 Å². The van der Waals surface area contributed by atoms with E-state index in [-0.39, 0.29) is 5.91 Å². The maximum Gasteiger partial charge on any atom is 0.255 e. The van der Waals surface area contributed by atoms with Gasteiger partial charge >= 0.3 is 0 Å². The lowest BCUT2D eigenvalue weighted by molar-refractivity contribution is 0.102. The van der Waals surface area contributed by atoms with Gasteiger partial charge in [0.25, 0.3) is 5.91 Å². The summed E-state index contributed by atoms with van der Waals surface area (Å²) < 4.78 is 6.08. The summed E-state index contributed by atoms with van der Waals surface area (Å²) >= 11 is 14.2. The predicted octanol–water partition coefficient (Wildman–Crippen LogP) is 4.86. The molecule has 2 aromatic carbocycles. The normalized spacial score (nSPS) is 10.2. The topological polar surface area (TPSA) is 38.3 Å².